The minimum atomic E-state index is -0.431. The summed E-state index contributed by atoms with van der Waals surface area (Å²) in [5, 5.41) is 8.75. The van der Waals surface area contributed by atoms with Gasteiger partial charge in [-0.1, -0.05) is 0 Å². The van der Waals surface area contributed by atoms with Gasteiger partial charge in [-0.05, 0) is 0 Å². The first-order chi connectivity index (χ1) is 3.30. The molecule has 7 heavy (non-hydrogen) atoms. The molecule has 0 aliphatic carbocycles. The summed E-state index contributed by atoms with van der Waals surface area (Å²) in [4.78, 5) is 0. The van der Waals surface area contributed by atoms with Crippen LogP contribution >= 0.6 is 0 Å². The van der Waals surface area contributed by atoms with Gasteiger partial charge in [0, 0.05) is 6.42 Å². The molecule has 3 N–H and O–H groups in total. The third-order valence-corrected chi connectivity index (χ3v) is 1.10. The fourth-order valence-electron chi connectivity index (χ4n) is 0.600. The lowest BCUT2D eigenvalue weighted by Crippen LogP contribution is -2.29. The van der Waals surface area contributed by atoms with Gasteiger partial charge in [-0.2, -0.15) is 0 Å². The SMILES string of the molecule is NC1OCCC1O. The van der Waals surface area contributed by atoms with Gasteiger partial charge in [0.05, 0.1) is 12.7 Å². The van der Waals surface area contributed by atoms with E-state index in [1.807, 2.05) is 0 Å². The van der Waals surface area contributed by atoms with Gasteiger partial charge in [-0.25, -0.2) is 0 Å². The highest BCUT2D eigenvalue weighted by Gasteiger charge is 2.20. The van der Waals surface area contributed by atoms with E-state index in [4.69, 9.17) is 15.6 Å². The van der Waals surface area contributed by atoms with Crippen LogP contribution in [0.1, 0.15) is 6.42 Å². The predicted octanol–water partition coefficient (Wildman–Crippen LogP) is -0.948. The number of hydrogen-bond acceptors (Lipinski definition) is 3. The summed E-state index contributed by atoms with van der Waals surface area (Å²) in [5.74, 6) is 0. The Morgan fingerprint density at radius 3 is 2.57 bits per heavy atom. The van der Waals surface area contributed by atoms with Crippen molar-refractivity contribution < 1.29 is 9.84 Å². The van der Waals surface area contributed by atoms with Crippen LogP contribution in [0.4, 0.5) is 0 Å². The van der Waals surface area contributed by atoms with E-state index in [0.29, 0.717) is 13.0 Å². The molecule has 2 atom stereocenters. The normalized spacial score (nSPS) is 42.0. The van der Waals surface area contributed by atoms with Gasteiger partial charge in [0.15, 0.2) is 0 Å². The highest BCUT2D eigenvalue weighted by molar-refractivity contribution is 4.68. The number of hydrogen-bond donors (Lipinski definition) is 2. The second-order valence-corrected chi connectivity index (χ2v) is 1.69. The van der Waals surface area contributed by atoms with Crippen molar-refractivity contribution in [3.63, 3.8) is 0 Å². The van der Waals surface area contributed by atoms with E-state index in [0.717, 1.165) is 0 Å². The van der Waals surface area contributed by atoms with Crippen molar-refractivity contribution in [2.75, 3.05) is 6.61 Å². The van der Waals surface area contributed by atoms with Gasteiger partial charge in [0.1, 0.15) is 6.23 Å². The lowest BCUT2D eigenvalue weighted by Gasteiger charge is -2.03. The molecule has 1 fully saturated rings. The molecular weight excluding hydrogens is 94.0 g/mol. The van der Waals surface area contributed by atoms with Crippen molar-refractivity contribution in [2.45, 2.75) is 18.8 Å². The summed E-state index contributed by atoms with van der Waals surface area (Å²) < 4.78 is 4.79. The molecule has 3 nitrogen and oxygen atoms in total. The second kappa shape index (κ2) is 1.78. The average Bonchev–Trinajstić information content (AvgIpc) is 1.91. The zero-order valence-electron chi connectivity index (χ0n) is 4.00. The summed E-state index contributed by atoms with van der Waals surface area (Å²) in [5.41, 5.74) is 5.21. The molecule has 1 saturated heterocycles. The molecule has 0 spiro atoms. The van der Waals surface area contributed by atoms with E-state index in [1.165, 1.54) is 0 Å². The van der Waals surface area contributed by atoms with Crippen LogP contribution in [0.5, 0.6) is 0 Å². The molecule has 0 radical (unpaired) electrons. The van der Waals surface area contributed by atoms with Gasteiger partial charge in [0.25, 0.3) is 0 Å². The summed E-state index contributed by atoms with van der Waals surface area (Å²) in [7, 11) is 0. The molecule has 0 bridgehead atoms. The van der Waals surface area contributed by atoms with Crippen molar-refractivity contribution in [3.8, 4) is 0 Å². The van der Waals surface area contributed by atoms with E-state index < -0.39 is 12.3 Å². The Labute approximate surface area is 42.1 Å². The first-order valence-corrected chi connectivity index (χ1v) is 2.36. The number of rotatable bonds is 0. The quantitative estimate of drug-likeness (QED) is 0.415. The van der Waals surface area contributed by atoms with E-state index in [1.54, 1.807) is 0 Å². The molecule has 1 aliphatic heterocycles. The topological polar surface area (TPSA) is 55.5 Å². The first-order valence-electron chi connectivity index (χ1n) is 2.36. The highest BCUT2D eigenvalue weighted by atomic mass is 16.5. The maximum absolute atomic E-state index is 8.75. The minimum Gasteiger partial charge on any atom is -0.389 e. The van der Waals surface area contributed by atoms with E-state index in [-0.39, 0.29) is 0 Å². The number of aliphatic hydroxyl groups is 1. The first kappa shape index (κ1) is 5.03. The van der Waals surface area contributed by atoms with Crippen LogP contribution in [0.3, 0.4) is 0 Å². The van der Waals surface area contributed by atoms with Crippen LogP contribution in [0.2, 0.25) is 0 Å². The zero-order chi connectivity index (χ0) is 5.28. The maximum Gasteiger partial charge on any atom is 0.131 e. The van der Waals surface area contributed by atoms with Crippen molar-refractivity contribution >= 4 is 0 Å². The molecule has 0 aromatic rings. The van der Waals surface area contributed by atoms with E-state index in [9.17, 15) is 0 Å². The van der Waals surface area contributed by atoms with E-state index in [2.05, 4.69) is 0 Å². The smallest absolute Gasteiger partial charge is 0.131 e. The van der Waals surface area contributed by atoms with Crippen molar-refractivity contribution in [3.05, 3.63) is 0 Å². The highest BCUT2D eigenvalue weighted by Crippen LogP contribution is 2.06. The Bertz CT molecular complexity index is 58.7. The van der Waals surface area contributed by atoms with Crippen LogP contribution in [0.15, 0.2) is 0 Å². The Morgan fingerprint density at radius 1 is 1.71 bits per heavy atom. The molecule has 2 unspecified atom stereocenters. The number of nitrogens with two attached hydrogens (primary N) is 1. The summed E-state index contributed by atoms with van der Waals surface area (Å²) in [6, 6.07) is 0. The number of ether oxygens (including phenoxy) is 1. The largest absolute Gasteiger partial charge is 0.389 e. The number of aliphatic hydroxyl groups excluding tert-OH is 1. The Kier molecular flexibility index (Phi) is 1.27. The predicted molar refractivity (Wildman–Crippen MR) is 24.6 cm³/mol. The lowest BCUT2D eigenvalue weighted by atomic mass is 10.3. The van der Waals surface area contributed by atoms with Crippen molar-refractivity contribution in [2.24, 2.45) is 5.73 Å². The Hall–Kier alpha value is -0.120. The molecule has 0 aromatic carbocycles. The monoisotopic (exact) mass is 103 g/mol. The maximum atomic E-state index is 8.75. The Balaban J connectivity index is 2.33. The van der Waals surface area contributed by atoms with Crippen LogP contribution in [0.25, 0.3) is 0 Å². The molecule has 1 heterocycles. The van der Waals surface area contributed by atoms with Crippen molar-refractivity contribution in [1.82, 2.24) is 0 Å². The van der Waals surface area contributed by atoms with Gasteiger partial charge < -0.3 is 15.6 Å². The third kappa shape index (κ3) is 0.907. The third-order valence-electron chi connectivity index (χ3n) is 1.10. The summed E-state index contributed by atoms with van der Waals surface area (Å²) in [6.07, 6.45) is -0.179. The van der Waals surface area contributed by atoms with Gasteiger partial charge >= 0.3 is 0 Å². The molecular formula is C4H9NO2. The van der Waals surface area contributed by atoms with Crippen LogP contribution in [-0.2, 0) is 4.74 Å². The fraction of sp³-hybridized carbons (Fsp3) is 1.00. The van der Waals surface area contributed by atoms with E-state index >= 15 is 0 Å². The fourth-order valence-corrected chi connectivity index (χ4v) is 0.600. The minimum absolute atomic E-state index is 0.431. The second-order valence-electron chi connectivity index (χ2n) is 1.69. The summed E-state index contributed by atoms with van der Waals surface area (Å²) in [6.45, 7) is 0.600. The molecule has 1 aliphatic rings. The van der Waals surface area contributed by atoms with Crippen molar-refractivity contribution in [1.29, 1.82) is 0 Å². The molecule has 0 saturated carbocycles. The molecule has 3 heteroatoms. The molecule has 0 amide bonds. The standard InChI is InChI=1S/C4H9NO2/c5-4-3(6)1-2-7-4/h3-4,6H,1-2,5H2. The van der Waals surface area contributed by atoms with Crippen LogP contribution < -0.4 is 5.73 Å². The van der Waals surface area contributed by atoms with Gasteiger partial charge in [-0.3, -0.25) is 0 Å². The van der Waals surface area contributed by atoms with Gasteiger partial charge in [-0.15, -0.1) is 0 Å². The molecule has 42 valence electrons. The average molecular weight is 103 g/mol. The summed E-state index contributed by atoms with van der Waals surface area (Å²) >= 11 is 0. The zero-order valence-corrected chi connectivity index (χ0v) is 4.00. The molecule has 1 rings (SSSR count). The molecule has 0 aromatic heterocycles. The van der Waals surface area contributed by atoms with Crippen LogP contribution in [0, 0.1) is 0 Å². The Morgan fingerprint density at radius 2 is 2.43 bits per heavy atom. The lowest BCUT2D eigenvalue weighted by molar-refractivity contribution is 0.0472. The van der Waals surface area contributed by atoms with Crippen LogP contribution in [-0.4, -0.2) is 24.0 Å². The van der Waals surface area contributed by atoms with Gasteiger partial charge in [0.2, 0.25) is 0 Å².